The smallest absolute Gasteiger partial charge is 0.224 e. The molecule has 0 atom stereocenters. The van der Waals surface area contributed by atoms with Gasteiger partial charge < -0.3 is 10.3 Å². The van der Waals surface area contributed by atoms with E-state index in [9.17, 15) is 9.18 Å². The van der Waals surface area contributed by atoms with Crippen molar-refractivity contribution in [2.45, 2.75) is 11.3 Å². The van der Waals surface area contributed by atoms with Crippen molar-refractivity contribution in [2.24, 2.45) is 0 Å². The third-order valence-corrected chi connectivity index (χ3v) is 6.39. The molecule has 0 bridgehead atoms. The molecule has 1 amide bonds. The Morgan fingerprint density at radius 3 is 2.50 bits per heavy atom. The standard InChI is InChI=1S/C24H20BrFN2OS/c25-18-9-7-17(8-10-18)23-24(20-3-1-2-4-21(20)28-23)30-14-13-27-22(29)15-16-5-11-19(26)12-6-16/h1-12,28H,13-15H2,(H,27,29). The van der Waals surface area contributed by atoms with Gasteiger partial charge in [0, 0.05) is 32.6 Å². The van der Waals surface area contributed by atoms with Crippen LogP contribution in [0.25, 0.3) is 22.2 Å². The molecular formula is C24H20BrFN2OS. The molecule has 4 aromatic rings. The highest BCUT2D eigenvalue weighted by Gasteiger charge is 2.13. The summed E-state index contributed by atoms with van der Waals surface area (Å²) in [7, 11) is 0. The molecule has 0 aliphatic carbocycles. The third kappa shape index (κ3) is 4.94. The maximum atomic E-state index is 13.0. The lowest BCUT2D eigenvalue weighted by Crippen LogP contribution is -2.27. The second-order valence-electron chi connectivity index (χ2n) is 6.88. The van der Waals surface area contributed by atoms with Gasteiger partial charge in [0.05, 0.1) is 12.1 Å². The van der Waals surface area contributed by atoms with Crippen LogP contribution in [0.5, 0.6) is 0 Å². The number of para-hydroxylation sites is 1. The van der Waals surface area contributed by atoms with E-state index < -0.39 is 0 Å². The van der Waals surface area contributed by atoms with Crippen molar-refractivity contribution in [3.8, 4) is 11.3 Å². The molecule has 0 saturated heterocycles. The summed E-state index contributed by atoms with van der Waals surface area (Å²) in [6.45, 7) is 0.560. The van der Waals surface area contributed by atoms with Crippen LogP contribution in [0.15, 0.2) is 82.2 Å². The van der Waals surface area contributed by atoms with E-state index in [1.54, 1.807) is 23.9 Å². The summed E-state index contributed by atoms with van der Waals surface area (Å²) >= 11 is 5.21. The summed E-state index contributed by atoms with van der Waals surface area (Å²) in [5, 5.41) is 4.13. The van der Waals surface area contributed by atoms with E-state index in [-0.39, 0.29) is 18.1 Å². The highest BCUT2D eigenvalue weighted by molar-refractivity contribution is 9.10. The van der Waals surface area contributed by atoms with Crippen LogP contribution in [0.1, 0.15) is 5.56 Å². The molecule has 0 radical (unpaired) electrons. The summed E-state index contributed by atoms with van der Waals surface area (Å²) < 4.78 is 14.0. The first-order valence-corrected chi connectivity index (χ1v) is 11.4. The van der Waals surface area contributed by atoms with Gasteiger partial charge in [0.1, 0.15) is 5.82 Å². The number of benzene rings is 3. The number of fused-ring (bicyclic) bond motifs is 1. The Morgan fingerprint density at radius 2 is 1.73 bits per heavy atom. The van der Waals surface area contributed by atoms with Crippen LogP contribution in [0.2, 0.25) is 0 Å². The Kier molecular flexibility index (Phi) is 6.55. The maximum absolute atomic E-state index is 13.0. The van der Waals surface area contributed by atoms with Gasteiger partial charge in [-0.25, -0.2) is 4.39 Å². The zero-order valence-electron chi connectivity index (χ0n) is 16.1. The van der Waals surface area contributed by atoms with Crippen LogP contribution >= 0.6 is 27.7 Å². The van der Waals surface area contributed by atoms with Gasteiger partial charge in [0.2, 0.25) is 5.91 Å². The van der Waals surface area contributed by atoms with Crippen LogP contribution < -0.4 is 5.32 Å². The van der Waals surface area contributed by atoms with E-state index in [0.717, 1.165) is 32.6 Å². The maximum Gasteiger partial charge on any atom is 0.224 e. The molecule has 6 heteroatoms. The molecule has 3 nitrogen and oxygen atoms in total. The summed E-state index contributed by atoms with van der Waals surface area (Å²) in [6, 6.07) is 22.5. The molecule has 3 aromatic carbocycles. The van der Waals surface area contributed by atoms with Gasteiger partial charge in [-0.05, 0) is 41.5 Å². The number of thioether (sulfide) groups is 1. The topological polar surface area (TPSA) is 44.9 Å². The summed E-state index contributed by atoms with van der Waals surface area (Å²) in [5.41, 5.74) is 4.11. The molecule has 1 aromatic heterocycles. The van der Waals surface area contributed by atoms with Crippen molar-refractivity contribution in [3.63, 3.8) is 0 Å². The van der Waals surface area contributed by atoms with Crippen LogP contribution in [-0.2, 0) is 11.2 Å². The number of nitrogens with one attached hydrogen (secondary N) is 2. The van der Waals surface area contributed by atoms with E-state index in [1.807, 2.05) is 24.3 Å². The molecule has 1 heterocycles. The monoisotopic (exact) mass is 482 g/mol. The average Bonchev–Trinajstić information content (AvgIpc) is 3.12. The zero-order valence-corrected chi connectivity index (χ0v) is 18.5. The Bertz CT molecular complexity index is 1160. The molecule has 0 fully saturated rings. The molecule has 0 unspecified atom stereocenters. The van der Waals surface area contributed by atoms with Crippen molar-refractivity contribution in [1.29, 1.82) is 0 Å². The first kappa shape index (κ1) is 20.7. The molecule has 4 rings (SSSR count). The molecule has 0 aliphatic heterocycles. The lowest BCUT2D eigenvalue weighted by atomic mass is 10.1. The minimum absolute atomic E-state index is 0.0609. The average molecular weight is 483 g/mol. The van der Waals surface area contributed by atoms with Gasteiger partial charge in [0.15, 0.2) is 0 Å². The number of aromatic amines is 1. The minimum Gasteiger partial charge on any atom is -0.355 e. The summed E-state index contributed by atoms with van der Waals surface area (Å²) in [4.78, 5) is 16.9. The molecule has 0 saturated carbocycles. The fourth-order valence-electron chi connectivity index (χ4n) is 3.28. The lowest BCUT2D eigenvalue weighted by molar-refractivity contribution is -0.120. The molecule has 0 aliphatic rings. The number of rotatable bonds is 7. The molecule has 2 N–H and O–H groups in total. The Morgan fingerprint density at radius 1 is 1.00 bits per heavy atom. The first-order chi connectivity index (χ1) is 14.6. The van der Waals surface area contributed by atoms with Crippen molar-refractivity contribution >= 4 is 44.5 Å². The van der Waals surface area contributed by atoms with Gasteiger partial charge in [-0.2, -0.15) is 0 Å². The van der Waals surface area contributed by atoms with Crippen LogP contribution in [0.3, 0.4) is 0 Å². The molecular weight excluding hydrogens is 463 g/mol. The number of amides is 1. The van der Waals surface area contributed by atoms with Gasteiger partial charge in [-0.15, -0.1) is 11.8 Å². The van der Waals surface area contributed by atoms with Crippen LogP contribution in [0.4, 0.5) is 4.39 Å². The highest BCUT2D eigenvalue weighted by atomic mass is 79.9. The number of aromatic nitrogens is 1. The number of carbonyl (C=O) groups excluding carboxylic acids is 1. The number of hydrogen-bond donors (Lipinski definition) is 2. The van der Waals surface area contributed by atoms with Gasteiger partial charge >= 0.3 is 0 Å². The fraction of sp³-hybridized carbons (Fsp3) is 0.125. The zero-order chi connectivity index (χ0) is 20.9. The van der Waals surface area contributed by atoms with Crippen molar-refractivity contribution < 1.29 is 9.18 Å². The third-order valence-electron chi connectivity index (χ3n) is 4.74. The van der Waals surface area contributed by atoms with Gasteiger partial charge in [-0.1, -0.05) is 58.4 Å². The Balaban J connectivity index is 1.42. The fourth-order valence-corrected chi connectivity index (χ4v) is 4.60. The quantitative estimate of drug-likeness (QED) is 0.243. The predicted molar refractivity (Wildman–Crippen MR) is 125 cm³/mol. The highest BCUT2D eigenvalue weighted by Crippen LogP contribution is 2.37. The second kappa shape index (κ2) is 9.49. The Labute approximate surface area is 187 Å². The number of H-pyrrole nitrogens is 1. The van der Waals surface area contributed by atoms with Crippen LogP contribution in [-0.4, -0.2) is 23.2 Å². The minimum atomic E-state index is -0.295. The lowest BCUT2D eigenvalue weighted by Gasteiger charge is -2.07. The number of hydrogen-bond acceptors (Lipinski definition) is 2. The van der Waals surface area contributed by atoms with E-state index in [4.69, 9.17) is 0 Å². The van der Waals surface area contributed by atoms with Crippen molar-refractivity contribution in [3.05, 3.63) is 88.6 Å². The number of carbonyl (C=O) groups is 1. The number of halogens is 2. The molecule has 152 valence electrons. The predicted octanol–water partition coefficient (Wildman–Crippen LogP) is 6.19. The second-order valence-corrected chi connectivity index (χ2v) is 8.90. The van der Waals surface area contributed by atoms with Crippen LogP contribution in [0, 0.1) is 5.82 Å². The van der Waals surface area contributed by atoms with Gasteiger partial charge in [0.25, 0.3) is 0 Å². The Hall–Kier alpha value is -2.57. The van der Waals surface area contributed by atoms with Crippen molar-refractivity contribution in [1.82, 2.24) is 10.3 Å². The van der Waals surface area contributed by atoms with E-state index >= 15 is 0 Å². The van der Waals surface area contributed by atoms with Crippen molar-refractivity contribution in [2.75, 3.05) is 12.3 Å². The normalized spacial score (nSPS) is 11.0. The SMILES string of the molecule is O=C(Cc1ccc(F)cc1)NCCSc1c(-c2ccc(Br)cc2)[nH]c2ccccc12. The summed E-state index contributed by atoms with van der Waals surface area (Å²) in [5.74, 6) is 0.394. The molecule has 30 heavy (non-hydrogen) atoms. The van der Waals surface area contributed by atoms with E-state index in [0.29, 0.717) is 6.54 Å². The van der Waals surface area contributed by atoms with E-state index in [1.165, 1.54) is 22.4 Å². The molecule has 0 spiro atoms. The van der Waals surface area contributed by atoms with E-state index in [2.05, 4.69) is 50.5 Å². The first-order valence-electron chi connectivity index (χ1n) is 9.61. The largest absolute Gasteiger partial charge is 0.355 e. The summed E-state index contributed by atoms with van der Waals surface area (Å²) in [6.07, 6.45) is 0.252. The van der Waals surface area contributed by atoms with Gasteiger partial charge in [-0.3, -0.25) is 4.79 Å².